The van der Waals surface area contributed by atoms with Crippen molar-refractivity contribution in [1.29, 1.82) is 0 Å². The number of nitrogens with zero attached hydrogens (tertiary/aromatic N) is 3. The number of pyridine rings is 1. The Kier molecular flexibility index (Phi) is 4.50. The highest BCUT2D eigenvalue weighted by Crippen LogP contribution is 2.23. The summed E-state index contributed by atoms with van der Waals surface area (Å²) < 4.78 is 8.42. The van der Waals surface area contributed by atoms with Crippen LogP contribution in [0.5, 0.6) is 5.75 Å². The maximum absolute atomic E-state index is 12.2. The van der Waals surface area contributed by atoms with Gasteiger partial charge in [-0.1, -0.05) is 0 Å². The molecule has 0 bridgehead atoms. The van der Waals surface area contributed by atoms with Crippen molar-refractivity contribution < 1.29 is 4.74 Å². The van der Waals surface area contributed by atoms with Gasteiger partial charge in [0, 0.05) is 30.6 Å². The van der Waals surface area contributed by atoms with Crippen LogP contribution in [0.1, 0.15) is 16.8 Å². The molecule has 2 aromatic heterocycles. The first-order valence-corrected chi connectivity index (χ1v) is 7.39. The maximum Gasteiger partial charge on any atom is 0.331 e. The molecule has 112 valence electrons. The zero-order chi connectivity index (χ0) is 15.7. The van der Waals surface area contributed by atoms with Gasteiger partial charge in [-0.2, -0.15) is 0 Å². The third-order valence-electron chi connectivity index (χ3n) is 3.35. The van der Waals surface area contributed by atoms with Gasteiger partial charge in [0.1, 0.15) is 5.75 Å². The van der Waals surface area contributed by atoms with E-state index in [9.17, 15) is 9.59 Å². The number of aromatic nitrogens is 3. The Balaban J connectivity index is 2.59. The lowest BCUT2D eigenvalue weighted by Crippen LogP contribution is -2.40. The molecule has 0 amide bonds. The van der Waals surface area contributed by atoms with Gasteiger partial charge in [-0.25, -0.2) is 4.79 Å². The largest absolute Gasteiger partial charge is 0.496 e. The van der Waals surface area contributed by atoms with Gasteiger partial charge in [0.2, 0.25) is 0 Å². The molecule has 2 aromatic rings. The second-order valence-corrected chi connectivity index (χ2v) is 5.97. The summed E-state index contributed by atoms with van der Waals surface area (Å²) >= 11 is 1.92. The predicted molar refractivity (Wildman–Crippen MR) is 88.0 cm³/mol. The number of hydrogen-bond donors (Lipinski definition) is 0. The van der Waals surface area contributed by atoms with Gasteiger partial charge in [0.25, 0.3) is 5.56 Å². The second kappa shape index (κ2) is 6.00. The third-order valence-corrected chi connectivity index (χ3v) is 4.09. The number of methoxy groups -OCH3 is 1. The second-order valence-electron chi connectivity index (χ2n) is 4.81. The van der Waals surface area contributed by atoms with Gasteiger partial charge in [-0.05, 0) is 36.4 Å². The maximum atomic E-state index is 12.2. The minimum atomic E-state index is -0.360. The van der Waals surface area contributed by atoms with Crippen LogP contribution in [0, 0.1) is 17.4 Å². The number of ether oxygens (including phenoxy) is 1. The van der Waals surface area contributed by atoms with Crippen molar-refractivity contribution >= 4 is 22.6 Å². The fourth-order valence-corrected chi connectivity index (χ4v) is 2.92. The van der Waals surface area contributed by atoms with Crippen LogP contribution in [0.25, 0.3) is 0 Å². The van der Waals surface area contributed by atoms with E-state index in [0.717, 1.165) is 16.9 Å². The summed E-state index contributed by atoms with van der Waals surface area (Å²) in [6.07, 6.45) is 3.21. The first-order chi connectivity index (χ1) is 9.86. The number of halogens is 1. The van der Waals surface area contributed by atoms with E-state index in [1.807, 2.05) is 36.4 Å². The molecule has 2 heterocycles. The Morgan fingerprint density at radius 2 is 2.00 bits per heavy atom. The van der Waals surface area contributed by atoms with Crippen molar-refractivity contribution in [3.63, 3.8) is 0 Å². The van der Waals surface area contributed by atoms with Crippen LogP contribution in [-0.4, -0.2) is 21.2 Å². The Labute approximate surface area is 135 Å². The van der Waals surface area contributed by atoms with Crippen LogP contribution in [0.15, 0.2) is 22.0 Å². The fourth-order valence-electron chi connectivity index (χ4n) is 2.21. The molecule has 0 N–H and O–H groups in total. The molecule has 0 fully saturated rings. The van der Waals surface area contributed by atoms with Crippen molar-refractivity contribution in [2.45, 2.75) is 20.4 Å². The van der Waals surface area contributed by atoms with Gasteiger partial charge >= 0.3 is 5.69 Å². The highest BCUT2D eigenvalue weighted by molar-refractivity contribution is 14.1. The van der Waals surface area contributed by atoms with Crippen LogP contribution in [0.3, 0.4) is 0 Å². The molecule has 0 aliphatic rings. The number of rotatable bonds is 3. The molecule has 0 atom stereocenters. The summed E-state index contributed by atoms with van der Waals surface area (Å²) in [6.45, 7) is 3.90. The summed E-state index contributed by atoms with van der Waals surface area (Å²) in [5.74, 6) is 0.732. The lowest BCUT2D eigenvalue weighted by molar-refractivity contribution is 0.406. The molecule has 0 unspecified atom stereocenters. The van der Waals surface area contributed by atoms with E-state index in [4.69, 9.17) is 4.74 Å². The summed E-state index contributed by atoms with van der Waals surface area (Å²) in [4.78, 5) is 28.6. The van der Waals surface area contributed by atoms with Gasteiger partial charge < -0.3 is 9.30 Å². The lowest BCUT2D eigenvalue weighted by Gasteiger charge is -2.13. The quantitative estimate of drug-likeness (QED) is 0.726. The summed E-state index contributed by atoms with van der Waals surface area (Å²) in [5, 5.41) is 0. The van der Waals surface area contributed by atoms with Gasteiger partial charge in [-0.15, -0.1) is 0 Å². The molecule has 2 rings (SSSR count). The smallest absolute Gasteiger partial charge is 0.331 e. The van der Waals surface area contributed by atoms with Crippen LogP contribution in [0.2, 0.25) is 0 Å². The standard InChI is InChI=1S/C14H16IN3O3/c1-8-5-16-11(9(2)12(8)21-4)7-18-13(19)10(15)6-17(3)14(18)20/h5-6H,7H2,1-4H3. The third kappa shape index (κ3) is 2.87. The summed E-state index contributed by atoms with van der Waals surface area (Å²) in [5.41, 5.74) is 1.74. The fraction of sp³-hybridized carbons (Fsp3) is 0.357. The Bertz CT molecular complexity index is 774. The van der Waals surface area contributed by atoms with E-state index in [1.54, 1.807) is 20.4 Å². The summed E-state index contributed by atoms with van der Waals surface area (Å²) in [6, 6.07) is 0. The Morgan fingerprint density at radius 3 is 2.62 bits per heavy atom. The molecule has 0 aliphatic carbocycles. The monoisotopic (exact) mass is 401 g/mol. The van der Waals surface area contributed by atoms with Gasteiger partial charge in [-0.3, -0.25) is 14.3 Å². The van der Waals surface area contributed by atoms with Crippen LogP contribution in [0.4, 0.5) is 0 Å². The zero-order valence-corrected chi connectivity index (χ0v) is 14.5. The predicted octanol–water partition coefficient (Wildman–Crippen LogP) is 1.22. The van der Waals surface area contributed by atoms with Crippen molar-refractivity contribution in [2.24, 2.45) is 7.05 Å². The van der Waals surface area contributed by atoms with E-state index >= 15 is 0 Å². The van der Waals surface area contributed by atoms with Crippen LogP contribution < -0.4 is 16.0 Å². The topological polar surface area (TPSA) is 66.1 Å². The molecule has 0 radical (unpaired) electrons. The normalized spacial score (nSPS) is 10.7. The molecule has 7 heteroatoms. The van der Waals surface area contributed by atoms with Crippen molar-refractivity contribution in [2.75, 3.05) is 7.11 Å². The minimum absolute atomic E-state index is 0.130. The van der Waals surface area contributed by atoms with E-state index in [0.29, 0.717) is 9.26 Å². The molecule has 0 aliphatic heterocycles. The highest BCUT2D eigenvalue weighted by atomic mass is 127. The van der Waals surface area contributed by atoms with Crippen molar-refractivity contribution in [3.05, 3.63) is 53.6 Å². The van der Waals surface area contributed by atoms with Crippen molar-refractivity contribution in [3.8, 4) is 5.75 Å². The van der Waals surface area contributed by atoms with E-state index < -0.39 is 0 Å². The van der Waals surface area contributed by atoms with E-state index in [2.05, 4.69) is 4.98 Å². The molecule has 0 saturated heterocycles. The molecule has 0 aromatic carbocycles. The zero-order valence-electron chi connectivity index (χ0n) is 12.3. The molecular weight excluding hydrogens is 385 g/mol. The summed E-state index contributed by atoms with van der Waals surface area (Å²) in [7, 11) is 3.21. The van der Waals surface area contributed by atoms with Gasteiger partial charge in [0.05, 0.1) is 22.9 Å². The number of hydrogen-bond acceptors (Lipinski definition) is 4. The van der Waals surface area contributed by atoms with Crippen LogP contribution in [-0.2, 0) is 13.6 Å². The highest BCUT2D eigenvalue weighted by Gasteiger charge is 2.14. The minimum Gasteiger partial charge on any atom is -0.496 e. The molecular formula is C14H16IN3O3. The van der Waals surface area contributed by atoms with E-state index in [-0.39, 0.29) is 17.8 Å². The van der Waals surface area contributed by atoms with E-state index in [1.165, 1.54) is 15.3 Å². The molecule has 21 heavy (non-hydrogen) atoms. The first-order valence-electron chi connectivity index (χ1n) is 6.31. The van der Waals surface area contributed by atoms with Gasteiger partial charge in [0.15, 0.2) is 0 Å². The first kappa shape index (κ1) is 15.7. The molecule has 6 nitrogen and oxygen atoms in total. The SMILES string of the molecule is COc1c(C)cnc(Cn2c(=O)c(I)cn(C)c2=O)c1C. The van der Waals surface area contributed by atoms with Crippen LogP contribution >= 0.6 is 22.6 Å². The Morgan fingerprint density at radius 1 is 1.33 bits per heavy atom. The average molecular weight is 401 g/mol. The average Bonchev–Trinajstić information content (AvgIpc) is 2.44. The molecule has 0 saturated carbocycles. The Hall–Kier alpha value is -1.64. The lowest BCUT2D eigenvalue weighted by atomic mass is 10.1. The van der Waals surface area contributed by atoms with Crippen molar-refractivity contribution in [1.82, 2.24) is 14.1 Å². The number of aryl methyl sites for hydroxylation is 2. The molecule has 0 spiro atoms.